The van der Waals surface area contributed by atoms with E-state index >= 15 is 0 Å². The molecule has 0 saturated heterocycles. The van der Waals surface area contributed by atoms with E-state index in [4.69, 9.17) is 10.6 Å². The molecule has 1 aliphatic rings. The van der Waals surface area contributed by atoms with Crippen molar-refractivity contribution >= 4 is 23.7 Å². The number of nitrogens with one attached hydrogen (secondary N) is 2. The molecule has 0 spiro atoms. The van der Waals surface area contributed by atoms with Crippen LogP contribution in [0.2, 0.25) is 0 Å². The van der Waals surface area contributed by atoms with Crippen molar-refractivity contribution in [3.8, 4) is 6.01 Å². The molecule has 0 bridgehead atoms. The normalized spacial score (nSPS) is 22.3. The molecule has 1 aromatic heterocycles. The maximum atomic E-state index is 5.35. The van der Waals surface area contributed by atoms with E-state index in [2.05, 4.69) is 32.0 Å². The molecule has 1 aliphatic carbocycles. The summed E-state index contributed by atoms with van der Waals surface area (Å²) in [7, 11) is 0. The van der Waals surface area contributed by atoms with Crippen molar-refractivity contribution in [3.63, 3.8) is 0 Å². The molecule has 0 amide bonds. The highest BCUT2D eigenvalue weighted by atomic mass is 32.2. The zero-order valence-corrected chi connectivity index (χ0v) is 12.0. The lowest BCUT2D eigenvalue weighted by molar-refractivity contribution is 0.312. The zero-order chi connectivity index (χ0) is 13.7. The molecule has 1 fully saturated rings. The highest BCUT2D eigenvalue weighted by Gasteiger charge is 2.24. The van der Waals surface area contributed by atoms with Gasteiger partial charge in [-0.25, -0.2) is 5.84 Å². The quantitative estimate of drug-likeness (QED) is 0.530. The SMILES string of the molecule is CCOc1nc(NN)nc(NC2CCC(SC)C2)n1. The highest BCUT2D eigenvalue weighted by molar-refractivity contribution is 7.99. The second-order valence-electron chi connectivity index (χ2n) is 4.35. The van der Waals surface area contributed by atoms with Crippen LogP contribution in [0, 0.1) is 0 Å². The summed E-state index contributed by atoms with van der Waals surface area (Å²) in [5.41, 5.74) is 2.42. The Morgan fingerprint density at radius 1 is 1.32 bits per heavy atom. The molecule has 2 atom stereocenters. The van der Waals surface area contributed by atoms with E-state index in [1.807, 2.05) is 18.7 Å². The third-order valence-electron chi connectivity index (χ3n) is 3.07. The summed E-state index contributed by atoms with van der Waals surface area (Å²) in [4.78, 5) is 12.4. The van der Waals surface area contributed by atoms with E-state index < -0.39 is 0 Å². The third kappa shape index (κ3) is 3.84. The number of hydrazine groups is 1. The number of thioether (sulfide) groups is 1. The van der Waals surface area contributed by atoms with Crippen LogP contribution in [0.15, 0.2) is 0 Å². The van der Waals surface area contributed by atoms with Gasteiger partial charge in [0.1, 0.15) is 0 Å². The number of nitrogens with zero attached hydrogens (tertiary/aromatic N) is 3. The van der Waals surface area contributed by atoms with E-state index in [-0.39, 0.29) is 6.01 Å². The first-order valence-electron chi connectivity index (χ1n) is 6.40. The van der Waals surface area contributed by atoms with Gasteiger partial charge >= 0.3 is 6.01 Å². The number of anilines is 2. The van der Waals surface area contributed by atoms with Gasteiger partial charge in [0.15, 0.2) is 0 Å². The summed E-state index contributed by atoms with van der Waals surface area (Å²) in [6, 6.07) is 0.687. The van der Waals surface area contributed by atoms with Crippen LogP contribution in [0.4, 0.5) is 11.9 Å². The van der Waals surface area contributed by atoms with E-state index in [9.17, 15) is 0 Å². The molecule has 0 aromatic carbocycles. The molecule has 8 heteroatoms. The maximum absolute atomic E-state index is 5.35. The minimum absolute atomic E-state index is 0.285. The molecule has 1 heterocycles. The summed E-state index contributed by atoms with van der Waals surface area (Å²) >= 11 is 1.92. The lowest BCUT2D eigenvalue weighted by Gasteiger charge is -2.13. The second kappa shape index (κ2) is 6.76. The minimum atomic E-state index is 0.285. The lowest BCUT2D eigenvalue weighted by Crippen LogP contribution is -2.20. The van der Waals surface area contributed by atoms with Crippen molar-refractivity contribution in [1.29, 1.82) is 0 Å². The first-order chi connectivity index (χ1) is 9.25. The number of hydrogen-bond donors (Lipinski definition) is 3. The summed E-state index contributed by atoms with van der Waals surface area (Å²) in [5.74, 6) is 6.16. The Balaban J connectivity index is 2.04. The van der Waals surface area contributed by atoms with Gasteiger partial charge < -0.3 is 10.1 Å². The average molecular weight is 284 g/mol. The van der Waals surface area contributed by atoms with Gasteiger partial charge in [-0.05, 0) is 32.4 Å². The largest absolute Gasteiger partial charge is 0.464 e. The van der Waals surface area contributed by atoms with E-state index in [0.717, 1.165) is 18.1 Å². The average Bonchev–Trinajstić information content (AvgIpc) is 2.86. The standard InChI is InChI=1S/C11H20N6OS/c1-3-18-11-15-9(14-10(16-11)17-12)13-7-4-5-8(6-7)19-2/h7-8H,3-6,12H2,1-2H3,(H2,13,14,15,16,17). The third-order valence-corrected chi connectivity index (χ3v) is 4.16. The number of aromatic nitrogens is 3. The fraction of sp³-hybridized carbons (Fsp3) is 0.727. The van der Waals surface area contributed by atoms with Gasteiger partial charge in [-0.1, -0.05) is 0 Å². The summed E-state index contributed by atoms with van der Waals surface area (Å²) in [5, 5.41) is 4.05. The number of nitrogens with two attached hydrogens (primary N) is 1. The van der Waals surface area contributed by atoms with Crippen molar-refractivity contribution in [2.75, 3.05) is 23.6 Å². The van der Waals surface area contributed by atoms with E-state index in [0.29, 0.717) is 24.5 Å². The lowest BCUT2D eigenvalue weighted by atomic mass is 10.2. The number of rotatable bonds is 6. The topological polar surface area (TPSA) is 98.0 Å². The molecule has 7 nitrogen and oxygen atoms in total. The van der Waals surface area contributed by atoms with Crippen molar-refractivity contribution < 1.29 is 4.74 Å². The Kier molecular flexibility index (Phi) is 5.03. The van der Waals surface area contributed by atoms with E-state index in [1.54, 1.807) is 0 Å². The van der Waals surface area contributed by atoms with Crippen molar-refractivity contribution in [3.05, 3.63) is 0 Å². The zero-order valence-electron chi connectivity index (χ0n) is 11.2. The molecule has 1 aromatic rings. The van der Waals surface area contributed by atoms with E-state index in [1.165, 1.54) is 6.42 Å². The van der Waals surface area contributed by atoms with Gasteiger partial charge in [0, 0.05) is 11.3 Å². The fourth-order valence-corrected chi connectivity index (χ4v) is 2.94. The van der Waals surface area contributed by atoms with Gasteiger partial charge in [-0.15, -0.1) is 0 Å². The van der Waals surface area contributed by atoms with Crippen molar-refractivity contribution in [2.45, 2.75) is 37.5 Å². The maximum Gasteiger partial charge on any atom is 0.323 e. The van der Waals surface area contributed by atoms with Crippen LogP contribution in [-0.4, -0.2) is 39.1 Å². The Morgan fingerprint density at radius 2 is 2.11 bits per heavy atom. The van der Waals surface area contributed by atoms with Crippen LogP contribution in [0.5, 0.6) is 6.01 Å². The first-order valence-corrected chi connectivity index (χ1v) is 7.68. The fourth-order valence-electron chi connectivity index (χ4n) is 2.15. The van der Waals surface area contributed by atoms with Crippen LogP contribution < -0.4 is 21.3 Å². The Bertz CT molecular complexity index is 418. The van der Waals surface area contributed by atoms with Gasteiger partial charge in [-0.3, -0.25) is 5.43 Å². The van der Waals surface area contributed by atoms with Crippen LogP contribution in [0.25, 0.3) is 0 Å². The molecule has 2 rings (SSSR count). The van der Waals surface area contributed by atoms with Gasteiger partial charge in [-0.2, -0.15) is 26.7 Å². The molecular formula is C11H20N6OS. The molecule has 4 N–H and O–H groups in total. The number of ether oxygens (including phenoxy) is 1. The predicted octanol–water partition coefficient (Wildman–Crippen LogP) is 1.25. The minimum Gasteiger partial charge on any atom is -0.464 e. The number of nitrogen functional groups attached to an aromatic ring is 1. The Hall–Kier alpha value is -1.28. The molecule has 19 heavy (non-hydrogen) atoms. The van der Waals surface area contributed by atoms with Crippen molar-refractivity contribution in [2.24, 2.45) is 5.84 Å². The molecule has 2 unspecified atom stereocenters. The predicted molar refractivity (Wildman–Crippen MR) is 77.4 cm³/mol. The van der Waals surface area contributed by atoms with Crippen molar-refractivity contribution in [1.82, 2.24) is 15.0 Å². The first kappa shape index (κ1) is 14.1. The molecular weight excluding hydrogens is 264 g/mol. The van der Waals surface area contributed by atoms with Crippen LogP contribution in [0.1, 0.15) is 26.2 Å². The molecule has 0 radical (unpaired) electrons. The van der Waals surface area contributed by atoms with Gasteiger partial charge in [0.25, 0.3) is 0 Å². The summed E-state index contributed by atoms with van der Waals surface area (Å²) in [6.45, 7) is 2.39. The van der Waals surface area contributed by atoms with Crippen LogP contribution in [0.3, 0.4) is 0 Å². The summed E-state index contributed by atoms with van der Waals surface area (Å²) in [6.07, 6.45) is 5.64. The monoisotopic (exact) mass is 284 g/mol. The van der Waals surface area contributed by atoms with Crippen LogP contribution in [-0.2, 0) is 0 Å². The molecule has 1 saturated carbocycles. The Labute approximate surface area is 117 Å². The highest BCUT2D eigenvalue weighted by Crippen LogP contribution is 2.29. The second-order valence-corrected chi connectivity index (χ2v) is 5.49. The van der Waals surface area contributed by atoms with Crippen LogP contribution >= 0.6 is 11.8 Å². The smallest absolute Gasteiger partial charge is 0.323 e. The Morgan fingerprint density at radius 3 is 2.74 bits per heavy atom. The number of hydrogen-bond acceptors (Lipinski definition) is 8. The summed E-state index contributed by atoms with van der Waals surface area (Å²) < 4.78 is 5.29. The van der Waals surface area contributed by atoms with Gasteiger partial charge in [0.2, 0.25) is 11.9 Å². The molecule has 0 aliphatic heterocycles. The van der Waals surface area contributed by atoms with Gasteiger partial charge in [0.05, 0.1) is 6.61 Å². The molecule has 106 valence electrons.